The number of ether oxygens (including phenoxy) is 3. The maximum atomic E-state index is 12.3. The Hall–Kier alpha value is -3.44. The van der Waals surface area contributed by atoms with Gasteiger partial charge in [0.15, 0.2) is 17.3 Å². The van der Waals surface area contributed by atoms with E-state index in [1.165, 1.54) is 7.11 Å². The van der Waals surface area contributed by atoms with Gasteiger partial charge in [-0.2, -0.15) is 5.26 Å². The predicted molar refractivity (Wildman–Crippen MR) is 94.4 cm³/mol. The SMILES string of the molecule is CCOc1ccc([C@@H]2C(C#N)=C(N)Oc3c2oc(CO)cc3=O)cc1OC. The van der Waals surface area contributed by atoms with Crippen molar-refractivity contribution in [3.05, 3.63) is 63.0 Å². The Morgan fingerprint density at radius 3 is 2.74 bits per heavy atom. The summed E-state index contributed by atoms with van der Waals surface area (Å²) in [5, 5.41) is 18.9. The Kier molecular flexibility index (Phi) is 5.05. The lowest BCUT2D eigenvalue weighted by Crippen LogP contribution is -2.25. The molecule has 8 nitrogen and oxygen atoms in total. The van der Waals surface area contributed by atoms with Crippen LogP contribution in [-0.4, -0.2) is 18.8 Å². The predicted octanol–water partition coefficient (Wildman–Crippen LogP) is 1.76. The van der Waals surface area contributed by atoms with E-state index in [4.69, 9.17) is 24.4 Å². The van der Waals surface area contributed by atoms with Gasteiger partial charge in [0.1, 0.15) is 24.0 Å². The van der Waals surface area contributed by atoms with Crippen LogP contribution in [0.25, 0.3) is 0 Å². The van der Waals surface area contributed by atoms with Crippen molar-refractivity contribution in [2.24, 2.45) is 5.73 Å². The van der Waals surface area contributed by atoms with E-state index in [2.05, 4.69) is 0 Å². The summed E-state index contributed by atoms with van der Waals surface area (Å²) in [4.78, 5) is 12.3. The molecule has 2 aromatic rings. The first-order chi connectivity index (χ1) is 13.0. The number of nitrogens with zero attached hydrogens (tertiary/aromatic N) is 1. The van der Waals surface area contributed by atoms with Gasteiger partial charge in [-0.3, -0.25) is 4.79 Å². The van der Waals surface area contributed by atoms with Crippen LogP contribution in [0.1, 0.15) is 29.9 Å². The molecule has 0 amide bonds. The molecule has 0 saturated heterocycles. The first kappa shape index (κ1) is 18.4. The molecule has 1 aromatic heterocycles. The van der Waals surface area contributed by atoms with Crippen molar-refractivity contribution in [3.63, 3.8) is 0 Å². The highest BCUT2D eigenvalue weighted by molar-refractivity contribution is 5.55. The van der Waals surface area contributed by atoms with Gasteiger partial charge >= 0.3 is 0 Å². The zero-order valence-electron chi connectivity index (χ0n) is 14.8. The highest BCUT2D eigenvalue weighted by atomic mass is 16.5. The second kappa shape index (κ2) is 7.43. The quantitative estimate of drug-likeness (QED) is 0.815. The molecular formula is C19H18N2O6. The van der Waals surface area contributed by atoms with E-state index in [1.807, 2.05) is 13.0 Å². The van der Waals surface area contributed by atoms with Crippen LogP contribution >= 0.6 is 0 Å². The number of rotatable bonds is 5. The van der Waals surface area contributed by atoms with E-state index in [0.717, 1.165) is 6.07 Å². The van der Waals surface area contributed by atoms with Gasteiger partial charge in [0.25, 0.3) is 0 Å². The fourth-order valence-electron chi connectivity index (χ4n) is 2.93. The third-order valence-electron chi connectivity index (χ3n) is 4.11. The lowest BCUT2D eigenvalue weighted by Gasteiger charge is -2.25. The minimum absolute atomic E-state index is 0.0583. The van der Waals surface area contributed by atoms with Crippen molar-refractivity contribution in [2.45, 2.75) is 19.4 Å². The maximum absolute atomic E-state index is 12.3. The first-order valence-electron chi connectivity index (χ1n) is 8.20. The van der Waals surface area contributed by atoms with Crippen molar-refractivity contribution in [1.29, 1.82) is 5.26 Å². The van der Waals surface area contributed by atoms with Crippen molar-refractivity contribution < 1.29 is 23.7 Å². The summed E-state index contributed by atoms with van der Waals surface area (Å²) in [5.41, 5.74) is 6.06. The molecule has 1 aliphatic rings. The van der Waals surface area contributed by atoms with Crippen LogP contribution in [-0.2, 0) is 6.61 Å². The van der Waals surface area contributed by atoms with Crippen LogP contribution in [0.5, 0.6) is 17.2 Å². The van der Waals surface area contributed by atoms with Crippen molar-refractivity contribution in [1.82, 2.24) is 0 Å². The lowest BCUT2D eigenvalue weighted by molar-refractivity contribution is 0.231. The standard InChI is InChI=1S/C19H18N2O6/c1-3-25-14-5-4-10(6-15(14)24-2)16-12(8-20)19(21)27-17-13(23)7-11(9-22)26-18(16)17/h4-7,16,22H,3,9,21H2,1-2H3/t16-/m1/s1. The van der Waals surface area contributed by atoms with Crippen LogP contribution in [0.2, 0.25) is 0 Å². The average Bonchev–Trinajstić information content (AvgIpc) is 2.68. The number of nitrogens with two attached hydrogens (primary N) is 1. The fraction of sp³-hybridized carbons (Fsp3) is 0.263. The molecule has 27 heavy (non-hydrogen) atoms. The summed E-state index contributed by atoms with van der Waals surface area (Å²) in [5.74, 6) is 0.0819. The average molecular weight is 370 g/mol. The maximum Gasteiger partial charge on any atom is 0.228 e. The van der Waals surface area contributed by atoms with E-state index in [0.29, 0.717) is 23.7 Å². The van der Waals surface area contributed by atoms with E-state index in [-0.39, 0.29) is 28.7 Å². The number of allylic oxidation sites excluding steroid dienone is 1. The first-order valence-corrected chi connectivity index (χ1v) is 8.20. The Morgan fingerprint density at radius 1 is 1.33 bits per heavy atom. The fourth-order valence-corrected chi connectivity index (χ4v) is 2.93. The van der Waals surface area contributed by atoms with Gasteiger partial charge in [0.2, 0.25) is 17.1 Å². The Morgan fingerprint density at radius 2 is 2.11 bits per heavy atom. The topological polar surface area (TPSA) is 128 Å². The Labute approximate surface area is 155 Å². The molecule has 0 bridgehead atoms. The number of hydrogen-bond acceptors (Lipinski definition) is 8. The van der Waals surface area contributed by atoms with Crippen molar-refractivity contribution in [3.8, 4) is 23.3 Å². The number of methoxy groups -OCH3 is 1. The minimum atomic E-state index is -0.789. The Balaban J connectivity index is 2.24. The van der Waals surface area contributed by atoms with Crippen LogP contribution in [0.4, 0.5) is 0 Å². The van der Waals surface area contributed by atoms with Gasteiger partial charge in [-0.25, -0.2) is 0 Å². The second-order valence-corrected chi connectivity index (χ2v) is 5.70. The van der Waals surface area contributed by atoms with E-state index in [9.17, 15) is 15.2 Å². The third kappa shape index (κ3) is 3.20. The smallest absolute Gasteiger partial charge is 0.228 e. The van der Waals surface area contributed by atoms with E-state index < -0.39 is 18.0 Å². The van der Waals surface area contributed by atoms with Crippen LogP contribution < -0.4 is 25.4 Å². The number of aliphatic hydroxyl groups excluding tert-OH is 1. The molecule has 2 heterocycles. The number of benzene rings is 1. The van der Waals surface area contributed by atoms with Gasteiger partial charge in [-0.1, -0.05) is 6.07 Å². The summed E-state index contributed by atoms with van der Waals surface area (Å²) in [7, 11) is 1.50. The number of aliphatic hydroxyl groups is 1. The largest absolute Gasteiger partial charge is 0.493 e. The molecule has 1 atom stereocenters. The van der Waals surface area contributed by atoms with E-state index in [1.54, 1.807) is 18.2 Å². The molecule has 3 rings (SSSR count). The summed E-state index contributed by atoms with van der Waals surface area (Å²) < 4.78 is 21.8. The molecule has 0 unspecified atom stereocenters. The third-order valence-corrected chi connectivity index (χ3v) is 4.11. The molecular weight excluding hydrogens is 352 g/mol. The molecule has 140 valence electrons. The highest BCUT2D eigenvalue weighted by Gasteiger charge is 2.35. The van der Waals surface area contributed by atoms with Gasteiger partial charge in [-0.15, -0.1) is 0 Å². The summed E-state index contributed by atoms with van der Waals surface area (Å²) in [6.45, 7) is 1.84. The summed E-state index contributed by atoms with van der Waals surface area (Å²) >= 11 is 0. The molecule has 0 saturated carbocycles. The monoisotopic (exact) mass is 370 g/mol. The zero-order chi connectivity index (χ0) is 19.6. The van der Waals surface area contributed by atoms with Crippen molar-refractivity contribution >= 4 is 0 Å². The van der Waals surface area contributed by atoms with Crippen molar-refractivity contribution in [2.75, 3.05) is 13.7 Å². The molecule has 3 N–H and O–H groups in total. The number of hydrogen-bond donors (Lipinski definition) is 2. The van der Waals surface area contributed by atoms with Crippen LogP contribution in [0.3, 0.4) is 0 Å². The zero-order valence-corrected chi connectivity index (χ0v) is 14.8. The van der Waals surface area contributed by atoms with Gasteiger partial charge < -0.3 is 29.5 Å². The van der Waals surface area contributed by atoms with Gasteiger partial charge in [0.05, 0.1) is 19.6 Å². The lowest BCUT2D eigenvalue weighted by atomic mass is 9.87. The molecule has 1 aromatic carbocycles. The second-order valence-electron chi connectivity index (χ2n) is 5.70. The molecule has 0 radical (unpaired) electrons. The van der Waals surface area contributed by atoms with E-state index >= 15 is 0 Å². The number of fused-ring (bicyclic) bond motifs is 1. The molecule has 8 heteroatoms. The molecule has 1 aliphatic heterocycles. The highest BCUT2D eigenvalue weighted by Crippen LogP contribution is 2.43. The minimum Gasteiger partial charge on any atom is -0.493 e. The van der Waals surface area contributed by atoms with Gasteiger partial charge in [0, 0.05) is 6.07 Å². The molecule has 0 spiro atoms. The van der Waals surface area contributed by atoms with Crippen LogP contribution in [0.15, 0.2) is 44.9 Å². The van der Waals surface area contributed by atoms with Crippen LogP contribution in [0, 0.1) is 11.3 Å². The molecule has 0 aliphatic carbocycles. The number of nitriles is 1. The van der Waals surface area contributed by atoms with Gasteiger partial charge in [-0.05, 0) is 24.6 Å². The molecule has 0 fully saturated rings. The normalized spacial score (nSPS) is 15.6. The summed E-state index contributed by atoms with van der Waals surface area (Å²) in [6.07, 6.45) is 0. The Bertz CT molecular complexity index is 1000. The summed E-state index contributed by atoms with van der Waals surface area (Å²) in [6, 6.07) is 8.24.